The minimum absolute atomic E-state index is 0.0617. The molecule has 0 aliphatic carbocycles. The van der Waals surface area contributed by atoms with E-state index in [1.807, 2.05) is 0 Å². The molecular formula is C18H21N5O7S2. The molecule has 2 unspecified atom stereocenters. The van der Waals surface area contributed by atoms with Crippen LogP contribution >= 0.6 is 23.1 Å². The molecule has 172 valence electrons. The fraction of sp³-hybridized carbons (Fsp3) is 0.444. The Morgan fingerprint density at radius 2 is 2.25 bits per heavy atom. The molecule has 12 nitrogen and oxygen atoms in total. The molecule has 0 bridgehead atoms. The Morgan fingerprint density at radius 1 is 1.50 bits per heavy atom. The number of aromatic nitrogens is 1. The molecule has 3 atom stereocenters. The number of carboxylic acid groups (broad SMARTS) is 1. The first kappa shape index (κ1) is 23.5. The second-order valence-electron chi connectivity index (χ2n) is 6.98. The minimum Gasteiger partial charge on any atom is -0.481 e. The lowest BCUT2D eigenvalue weighted by Crippen LogP contribution is -2.73. The molecule has 3 heterocycles. The Labute approximate surface area is 190 Å². The molecule has 2 aliphatic heterocycles. The Morgan fingerprint density at radius 3 is 2.84 bits per heavy atom. The van der Waals surface area contributed by atoms with Crippen LogP contribution in [0.2, 0.25) is 0 Å². The van der Waals surface area contributed by atoms with E-state index in [1.54, 1.807) is 5.38 Å². The number of carbonyl (C=O) groups is 4. The maximum absolute atomic E-state index is 12.7. The van der Waals surface area contributed by atoms with Gasteiger partial charge in [0.15, 0.2) is 10.8 Å². The summed E-state index contributed by atoms with van der Waals surface area (Å²) in [5.74, 6) is -2.48. The van der Waals surface area contributed by atoms with Crippen LogP contribution in [0, 0.1) is 5.41 Å². The summed E-state index contributed by atoms with van der Waals surface area (Å²) in [7, 11) is 1.27. The number of hydrogen-bond acceptors (Lipinski definition) is 11. The van der Waals surface area contributed by atoms with Crippen molar-refractivity contribution in [1.82, 2.24) is 15.2 Å². The smallest absolute Gasteiger partial charge is 0.316 e. The number of anilines is 1. The van der Waals surface area contributed by atoms with Crippen LogP contribution in [-0.2, 0) is 28.8 Å². The molecule has 0 saturated carbocycles. The number of amides is 2. The molecule has 0 radical (unpaired) electrons. The van der Waals surface area contributed by atoms with Crippen LogP contribution in [-0.4, -0.2) is 81.9 Å². The van der Waals surface area contributed by atoms with Crippen molar-refractivity contribution in [3.63, 3.8) is 0 Å². The van der Waals surface area contributed by atoms with Crippen LogP contribution in [0.1, 0.15) is 12.6 Å². The van der Waals surface area contributed by atoms with Crippen LogP contribution in [0.3, 0.4) is 0 Å². The van der Waals surface area contributed by atoms with Gasteiger partial charge in [0, 0.05) is 24.6 Å². The highest BCUT2D eigenvalue weighted by Gasteiger charge is 2.56. The second kappa shape index (κ2) is 9.56. The predicted molar refractivity (Wildman–Crippen MR) is 116 cm³/mol. The van der Waals surface area contributed by atoms with Gasteiger partial charge in [0.2, 0.25) is 5.91 Å². The molecule has 2 aliphatic rings. The van der Waals surface area contributed by atoms with Crippen molar-refractivity contribution >= 4 is 57.7 Å². The summed E-state index contributed by atoms with van der Waals surface area (Å²) >= 11 is 2.36. The number of nitrogens with zero attached hydrogens (tertiary/aromatic N) is 3. The molecule has 14 heteroatoms. The second-order valence-corrected chi connectivity index (χ2v) is 8.97. The van der Waals surface area contributed by atoms with Gasteiger partial charge in [0.25, 0.3) is 5.91 Å². The van der Waals surface area contributed by atoms with Gasteiger partial charge >= 0.3 is 11.9 Å². The Bertz CT molecular complexity index is 994. The number of nitrogens with one attached hydrogen (secondary N) is 1. The molecular weight excluding hydrogens is 462 g/mol. The number of esters is 1. The number of ether oxygens (including phenoxy) is 1. The number of aliphatic carboxylic acids is 1. The van der Waals surface area contributed by atoms with E-state index < -0.39 is 40.6 Å². The van der Waals surface area contributed by atoms with Crippen LogP contribution < -0.4 is 11.1 Å². The number of thiazole rings is 1. The number of nitrogens with two attached hydrogens (primary N) is 1. The normalized spacial score (nSPS) is 25.1. The maximum Gasteiger partial charge on any atom is 0.316 e. The van der Waals surface area contributed by atoms with E-state index in [4.69, 9.17) is 15.3 Å². The summed E-state index contributed by atoms with van der Waals surface area (Å²) in [6.45, 7) is 1.12. The number of thioether (sulfide) groups is 1. The predicted octanol–water partition coefficient (Wildman–Crippen LogP) is -0.334. The average molecular weight is 484 g/mol. The van der Waals surface area contributed by atoms with Crippen LogP contribution in [0.15, 0.2) is 22.7 Å². The summed E-state index contributed by atoms with van der Waals surface area (Å²) < 4.78 is 4.79. The van der Waals surface area contributed by atoms with E-state index in [0.717, 1.165) is 11.3 Å². The van der Waals surface area contributed by atoms with Gasteiger partial charge in [-0.15, -0.1) is 23.1 Å². The van der Waals surface area contributed by atoms with E-state index in [2.05, 4.69) is 15.5 Å². The Hall–Kier alpha value is -3.13. The van der Waals surface area contributed by atoms with Gasteiger partial charge in [0.1, 0.15) is 36.2 Å². The number of fused-ring (bicyclic) bond motifs is 1. The molecule has 4 N–H and O–H groups in total. The Kier molecular flexibility index (Phi) is 7.03. The monoisotopic (exact) mass is 483 g/mol. The van der Waals surface area contributed by atoms with E-state index in [9.17, 15) is 24.3 Å². The molecule has 2 saturated heterocycles. The summed E-state index contributed by atoms with van der Waals surface area (Å²) in [6.07, 6.45) is 2.89. The molecule has 32 heavy (non-hydrogen) atoms. The van der Waals surface area contributed by atoms with Crippen LogP contribution in [0.5, 0.6) is 0 Å². The number of carboxylic acids is 1. The molecule has 3 rings (SSSR count). The van der Waals surface area contributed by atoms with Gasteiger partial charge in [-0.2, -0.15) is 0 Å². The number of hydrogen-bond donors (Lipinski definition) is 3. The molecule has 1 aromatic rings. The lowest BCUT2D eigenvalue weighted by molar-refractivity contribution is -0.156. The van der Waals surface area contributed by atoms with Crippen LogP contribution in [0.25, 0.3) is 0 Å². The first-order valence-electron chi connectivity index (χ1n) is 9.28. The van der Waals surface area contributed by atoms with E-state index in [1.165, 1.54) is 42.8 Å². The quantitative estimate of drug-likeness (QED) is 0.146. The zero-order chi connectivity index (χ0) is 23.5. The molecule has 0 aromatic carbocycles. The molecule has 2 amide bonds. The number of oxime groups is 1. The highest BCUT2D eigenvalue weighted by molar-refractivity contribution is 8.00. The summed E-state index contributed by atoms with van der Waals surface area (Å²) in [5.41, 5.74) is 4.37. The van der Waals surface area contributed by atoms with Crippen LogP contribution in [0.4, 0.5) is 5.13 Å². The van der Waals surface area contributed by atoms with Crippen molar-refractivity contribution in [2.45, 2.75) is 18.3 Å². The van der Waals surface area contributed by atoms with Gasteiger partial charge in [-0.1, -0.05) is 17.3 Å². The average Bonchev–Trinajstić information content (AvgIpc) is 3.18. The van der Waals surface area contributed by atoms with Gasteiger partial charge in [-0.25, -0.2) is 4.98 Å². The summed E-state index contributed by atoms with van der Waals surface area (Å²) in [6, 6.07) is -0.845. The standard InChI is InChI=1S/C18H21N5O7S2/c1-9(24)30-5-3-4-18(16(27)28)7-23-14(26)12(15(23)32-8-18)21-13(25)11(22-29-2)10-6-31-17(19)20-10/h3-4,6,12,15H,5,7-8H2,1-2H3,(H2,19,20)(H,21,25)(H,27,28)/t12?,15-,18?/m1/s1. The third-order valence-electron chi connectivity index (χ3n) is 4.80. The number of rotatable bonds is 8. The third-order valence-corrected chi connectivity index (χ3v) is 7.02. The lowest BCUT2D eigenvalue weighted by Gasteiger charge is -2.53. The number of nitrogen functional groups attached to an aromatic ring is 1. The number of carbonyl (C=O) groups excluding carboxylic acids is 3. The molecule has 0 spiro atoms. The molecule has 1 aromatic heterocycles. The van der Waals surface area contributed by atoms with Gasteiger partial charge in [-0.05, 0) is 0 Å². The van der Waals surface area contributed by atoms with Gasteiger partial charge < -0.3 is 30.6 Å². The largest absolute Gasteiger partial charge is 0.481 e. The first-order valence-corrected chi connectivity index (χ1v) is 11.2. The molecule has 2 fully saturated rings. The van der Waals surface area contributed by atoms with E-state index >= 15 is 0 Å². The van der Waals surface area contributed by atoms with E-state index in [-0.39, 0.29) is 35.4 Å². The van der Waals surface area contributed by atoms with Crippen molar-refractivity contribution in [2.75, 3.05) is 31.7 Å². The summed E-state index contributed by atoms with van der Waals surface area (Å²) in [5, 5.41) is 17.4. The van der Waals surface area contributed by atoms with Crippen molar-refractivity contribution in [1.29, 1.82) is 0 Å². The van der Waals surface area contributed by atoms with Crippen molar-refractivity contribution < 1.29 is 33.9 Å². The fourth-order valence-electron chi connectivity index (χ4n) is 3.24. The maximum atomic E-state index is 12.7. The third kappa shape index (κ3) is 4.70. The first-order chi connectivity index (χ1) is 15.2. The summed E-state index contributed by atoms with van der Waals surface area (Å²) in [4.78, 5) is 58.3. The number of β-lactam (4-membered cyclic amide) rings is 1. The zero-order valence-corrected chi connectivity index (χ0v) is 18.8. The van der Waals surface area contributed by atoms with Gasteiger partial charge in [0.05, 0.1) is 0 Å². The van der Waals surface area contributed by atoms with Crippen molar-refractivity contribution in [3.05, 3.63) is 23.2 Å². The van der Waals surface area contributed by atoms with E-state index in [0.29, 0.717) is 0 Å². The zero-order valence-electron chi connectivity index (χ0n) is 17.1. The highest BCUT2D eigenvalue weighted by Crippen LogP contribution is 2.43. The van der Waals surface area contributed by atoms with Crippen molar-refractivity contribution in [2.24, 2.45) is 10.6 Å². The SMILES string of the molecule is CON=C(C(=O)NC1C(=O)N2CC(C=CCOC(C)=O)(C(=O)O)CS[C@H]12)c1csc(N)n1. The fourth-order valence-corrected chi connectivity index (χ4v) is 5.30. The minimum atomic E-state index is -1.33. The topological polar surface area (TPSA) is 174 Å². The van der Waals surface area contributed by atoms with Gasteiger partial charge in [-0.3, -0.25) is 19.2 Å². The van der Waals surface area contributed by atoms with Crippen molar-refractivity contribution in [3.8, 4) is 0 Å². The Balaban J connectivity index is 1.68. The lowest BCUT2D eigenvalue weighted by atomic mass is 9.86. The highest BCUT2D eigenvalue weighted by atomic mass is 32.2.